The van der Waals surface area contributed by atoms with Gasteiger partial charge >= 0.3 is 5.97 Å². The first-order valence-corrected chi connectivity index (χ1v) is 12.3. The third-order valence-electron chi connectivity index (χ3n) is 6.25. The fourth-order valence-electron chi connectivity index (χ4n) is 4.45. The lowest BCUT2D eigenvalue weighted by Crippen LogP contribution is -2.77. The number of rotatable bonds is 8. The Balaban J connectivity index is 1.86. The summed E-state index contributed by atoms with van der Waals surface area (Å²) < 4.78 is 0. The van der Waals surface area contributed by atoms with E-state index in [4.69, 9.17) is 11.5 Å². The smallest absolute Gasteiger partial charge is 0.305 e. The van der Waals surface area contributed by atoms with Gasteiger partial charge < -0.3 is 42.7 Å². The minimum Gasteiger partial charge on any atom is -0.481 e. The van der Waals surface area contributed by atoms with Gasteiger partial charge in [0.25, 0.3) is 5.91 Å². The molecule has 5 amide bonds. The van der Waals surface area contributed by atoms with Crippen molar-refractivity contribution >= 4 is 41.5 Å². The van der Waals surface area contributed by atoms with Gasteiger partial charge in [0.2, 0.25) is 23.6 Å². The molecule has 2 bridgehead atoms. The van der Waals surface area contributed by atoms with Gasteiger partial charge in [0.15, 0.2) is 5.96 Å². The van der Waals surface area contributed by atoms with E-state index in [1.165, 1.54) is 4.90 Å². The number of hydrogen-bond acceptors (Lipinski definition) is 7. The second-order valence-corrected chi connectivity index (χ2v) is 9.40. The Bertz CT molecular complexity index is 1150. The highest BCUT2D eigenvalue weighted by Gasteiger charge is 2.54. The minimum absolute atomic E-state index is 0.0466. The molecular weight excluding hydrogens is 512 g/mol. The Hall–Kier alpha value is -4.69. The number of benzene rings is 1. The standard InChI is InChI=1S/C24H32N8O7/c25-23(26)27-8-4-7-15-20(37)28-11-17(33)30-16(9-19(35)36)21(38)31-24(10-14-5-2-1-3-6-14)13-32(22(24)39)12-18(34)29-15/h1-3,5-6,15-16H,4,7-13H2,(H,28,37)(H,29,34)(H,30,33)(H,31,38)(H,35,36)(H4,25,26,27)/t15-,16-,24-/m0/s1. The Labute approximate surface area is 223 Å². The summed E-state index contributed by atoms with van der Waals surface area (Å²) in [5.41, 5.74) is 9.89. The molecule has 210 valence electrons. The summed E-state index contributed by atoms with van der Waals surface area (Å²) in [6, 6.07) is 6.27. The molecule has 9 N–H and O–H groups in total. The number of guanidine groups is 1. The monoisotopic (exact) mass is 544 g/mol. The van der Waals surface area contributed by atoms with E-state index in [1.807, 2.05) is 0 Å². The molecule has 0 unspecified atom stereocenters. The van der Waals surface area contributed by atoms with Gasteiger partial charge in [0.1, 0.15) is 17.6 Å². The number of nitrogens with two attached hydrogens (primary N) is 2. The number of aliphatic imine (C=N–C) groups is 1. The number of hydrogen-bond donors (Lipinski definition) is 7. The molecule has 1 aromatic carbocycles. The van der Waals surface area contributed by atoms with E-state index in [0.29, 0.717) is 6.42 Å². The fraction of sp³-hybridized carbons (Fsp3) is 0.458. The van der Waals surface area contributed by atoms with Gasteiger partial charge in [-0.2, -0.15) is 0 Å². The molecule has 0 aromatic heterocycles. The molecule has 4 rings (SSSR count). The van der Waals surface area contributed by atoms with E-state index in [9.17, 15) is 33.9 Å². The van der Waals surface area contributed by atoms with Gasteiger partial charge in [-0.3, -0.25) is 33.8 Å². The summed E-state index contributed by atoms with van der Waals surface area (Å²) in [7, 11) is 0. The fourth-order valence-corrected chi connectivity index (χ4v) is 4.45. The average molecular weight is 545 g/mol. The average Bonchev–Trinajstić information content (AvgIpc) is 2.88. The highest BCUT2D eigenvalue weighted by Crippen LogP contribution is 2.27. The maximum Gasteiger partial charge on any atom is 0.305 e. The van der Waals surface area contributed by atoms with Gasteiger partial charge in [-0.15, -0.1) is 0 Å². The van der Waals surface area contributed by atoms with Gasteiger partial charge in [-0.1, -0.05) is 30.3 Å². The Morgan fingerprint density at radius 1 is 1.03 bits per heavy atom. The molecule has 3 heterocycles. The van der Waals surface area contributed by atoms with Crippen molar-refractivity contribution in [1.82, 2.24) is 26.2 Å². The zero-order valence-electron chi connectivity index (χ0n) is 21.1. The number of carboxylic acid groups (broad SMARTS) is 1. The predicted octanol–water partition coefficient (Wildman–Crippen LogP) is -3.45. The number of carbonyl (C=O) groups is 6. The number of nitrogens with one attached hydrogen (secondary N) is 4. The zero-order valence-corrected chi connectivity index (χ0v) is 21.1. The number of amides is 5. The number of nitrogens with zero attached hydrogens (tertiary/aromatic N) is 2. The number of aliphatic carboxylic acids is 1. The maximum absolute atomic E-state index is 13.3. The van der Waals surface area contributed by atoms with Crippen LogP contribution in [-0.4, -0.2) is 95.3 Å². The molecule has 3 aliphatic heterocycles. The predicted molar refractivity (Wildman–Crippen MR) is 137 cm³/mol. The quantitative estimate of drug-likeness (QED) is 0.0565. The first-order chi connectivity index (χ1) is 18.5. The summed E-state index contributed by atoms with van der Waals surface area (Å²) in [5.74, 6) is -5.05. The highest BCUT2D eigenvalue weighted by molar-refractivity contribution is 6.02. The van der Waals surface area contributed by atoms with Crippen LogP contribution in [0.2, 0.25) is 0 Å². The van der Waals surface area contributed by atoms with E-state index < -0.39 is 66.1 Å². The van der Waals surface area contributed by atoms with Crippen LogP contribution in [0.25, 0.3) is 0 Å². The molecule has 0 spiro atoms. The van der Waals surface area contributed by atoms with Crippen LogP contribution in [0.4, 0.5) is 0 Å². The van der Waals surface area contributed by atoms with Crippen LogP contribution in [0.3, 0.4) is 0 Å². The van der Waals surface area contributed by atoms with Crippen molar-refractivity contribution in [3.63, 3.8) is 0 Å². The van der Waals surface area contributed by atoms with Crippen molar-refractivity contribution in [2.24, 2.45) is 16.5 Å². The van der Waals surface area contributed by atoms with E-state index in [-0.39, 0.29) is 38.4 Å². The normalized spacial score (nSPS) is 24.1. The number of β-lactam (4-membered cyclic amide) rings is 1. The topological polar surface area (TPSA) is 238 Å². The minimum atomic E-state index is -1.51. The first-order valence-electron chi connectivity index (χ1n) is 12.3. The van der Waals surface area contributed by atoms with E-state index in [1.54, 1.807) is 30.3 Å². The highest BCUT2D eigenvalue weighted by atomic mass is 16.4. The number of carbonyl (C=O) groups excluding carboxylic acids is 5. The van der Waals surface area contributed by atoms with Gasteiger partial charge in [0, 0.05) is 13.0 Å². The van der Waals surface area contributed by atoms with Crippen molar-refractivity contribution in [3.05, 3.63) is 35.9 Å². The van der Waals surface area contributed by atoms with Gasteiger partial charge in [-0.05, 0) is 18.4 Å². The van der Waals surface area contributed by atoms with Crippen LogP contribution >= 0.6 is 0 Å². The third-order valence-corrected chi connectivity index (χ3v) is 6.25. The largest absolute Gasteiger partial charge is 0.481 e. The van der Waals surface area contributed by atoms with Crippen LogP contribution in [0.1, 0.15) is 24.8 Å². The molecule has 0 aliphatic carbocycles. The molecule has 3 fully saturated rings. The summed E-state index contributed by atoms with van der Waals surface area (Å²) in [6.45, 7) is -0.809. The summed E-state index contributed by atoms with van der Waals surface area (Å²) >= 11 is 0. The summed E-state index contributed by atoms with van der Waals surface area (Å²) in [5, 5.41) is 19.2. The molecule has 3 aliphatic rings. The molecule has 0 radical (unpaired) electrons. The zero-order chi connectivity index (χ0) is 28.6. The van der Waals surface area contributed by atoms with Crippen molar-refractivity contribution in [2.45, 2.75) is 43.3 Å². The van der Waals surface area contributed by atoms with Crippen molar-refractivity contribution < 1.29 is 33.9 Å². The second-order valence-electron chi connectivity index (χ2n) is 9.40. The number of carboxylic acids is 1. The van der Waals surface area contributed by atoms with Crippen LogP contribution in [-0.2, 0) is 35.2 Å². The summed E-state index contributed by atoms with van der Waals surface area (Å²) in [4.78, 5) is 81.0. The Morgan fingerprint density at radius 2 is 1.72 bits per heavy atom. The SMILES string of the molecule is NC(N)=NCCC[C@@H]1NC(=O)CN2C[C@](Cc3ccccc3)(NC(=O)[C@H](CC(=O)O)NC(=O)CNC1=O)C2=O. The molecule has 3 saturated heterocycles. The first kappa shape index (κ1) is 28.9. The lowest BCUT2D eigenvalue weighted by molar-refractivity contribution is -0.158. The molecule has 39 heavy (non-hydrogen) atoms. The van der Waals surface area contributed by atoms with Crippen LogP contribution < -0.4 is 32.7 Å². The lowest BCUT2D eigenvalue weighted by Gasteiger charge is -2.49. The number of fused-ring (bicyclic) bond motifs is 11. The lowest BCUT2D eigenvalue weighted by atomic mass is 9.81. The molecule has 15 nitrogen and oxygen atoms in total. The van der Waals surface area contributed by atoms with Gasteiger partial charge in [-0.25, -0.2) is 0 Å². The van der Waals surface area contributed by atoms with Crippen molar-refractivity contribution in [2.75, 3.05) is 26.2 Å². The van der Waals surface area contributed by atoms with Gasteiger partial charge in [0.05, 0.1) is 26.1 Å². The molecular formula is C24H32N8O7. The molecule has 1 aromatic rings. The Kier molecular flexibility index (Phi) is 9.41. The molecule has 0 saturated carbocycles. The molecule has 3 atom stereocenters. The molecule has 15 heteroatoms. The Morgan fingerprint density at radius 3 is 2.36 bits per heavy atom. The third kappa shape index (κ3) is 7.90. The van der Waals surface area contributed by atoms with E-state index in [2.05, 4.69) is 26.3 Å². The van der Waals surface area contributed by atoms with Crippen LogP contribution in [0.5, 0.6) is 0 Å². The van der Waals surface area contributed by atoms with Crippen LogP contribution in [0.15, 0.2) is 35.3 Å². The van der Waals surface area contributed by atoms with Crippen LogP contribution in [0, 0.1) is 0 Å². The van der Waals surface area contributed by atoms with Crippen molar-refractivity contribution in [3.8, 4) is 0 Å². The van der Waals surface area contributed by atoms with Crippen molar-refractivity contribution in [1.29, 1.82) is 0 Å². The maximum atomic E-state index is 13.3. The van der Waals surface area contributed by atoms with E-state index in [0.717, 1.165) is 5.56 Å². The second kappa shape index (κ2) is 12.7. The summed E-state index contributed by atoms with van der Waals surface area (Å²) in [6.07, 6.45) is -0.218. The van der Waals surface area contributed by atoms with E-state index >= 15 is 0 Å².